The average molecular weight is 334 g/mol. The molecule has 1 aromatic carbocycles. The molecule has 4 rings (SSSR count). The molecule has 25 heavy (non-hydrogen) atoms. The number of phenolic OH excluding ortho intramolecular Hbond substituents is 1. The summed E-state index contributed by atoms with van der Waals surface area (Å²) in [6, 6.07) is 10.4. The summed E-state index contributed by atoms with van der Waals surface area (Å²) in [4.78, 5) is 12.8. The molecule has 0 saturated carbocycles. The molecule has 4 aromatic rings. The van der Waals surface area contributed by atoms with Gasteiger partial charge in [-0.2, -0.15) is 4.98 Å². The fourth-order valence-corrected chi connectivity index (χ4v) is 2.55. The number of fused-ring (bicyclic) bond motifs is 1. The number of rotatable bonds is 3. The zero-order valence-electron chi connectivity index (χ0n) is 13.3. The van der Waals surface area contributed by atoms with Crippen molar-refractivity contribution in [3.8, 4) is 34.1 Å². The summed E-state index contributed by atoms with van der Waals surface area (Å²) in [6.45, 7) is 0. The van der Waals surface area contributed by atoms with E-state index in [2.05, 4.69) is 15.0 Å². The molecule has 0 fully saturated rings. The molecule has 0 saturated heterocycles. The number of anilines is 1. The maximum absolute atomic E-state index is 9.75. The van der Waals surface area contributed by atoms with Gasteiger partial charge in [-0.15, -0.1) is 0 Å². The van der Waals surface area contributed by atoms with Crippen LogP contribution in [0.25, 0.3) is 33.8 Å². The first-order valence-electron chi connectivity index (χ1n) is 7.50. The van der Waals surface area contributed by atoms with Gasteiger partial charge in [-0.25, -0.2) is 9.97 Å². The highest BCUT2D eigenvalue weighted by Crippen LogP contribution is 2.34. The van der Waals surface area contributed by atoms with Gasteiger partial charge in [0, 0.05) is 18.0 Å². The number of hydrogen-bond donors (Lipinski definition) is 2. The third-order valence-electron chi connectivity index (χ3n) is 3.83. The Morgan fingerprint density at radius 2 is 2.00 bits per heavy atom. The normalized spacial score (nSPS) is 10.9. The van der Waals surface area contributed by atoms with E-state index in [1.54, 1.807) is 42.7 Å². The van der Waals surface area contributed by atoms with E-state index in [4.69, 9.17) is 14.9 Å². The molecule has 0 radical (unpaired) electrons. The van der Waals surface area contributed by atoms with Crippen molar-refractivity contribution in [2.24, 2.45) is 0 Å². The molecule has 0 atom stereocenters. The number of nitrogen functional groups attached to an aromatic ring is 1. The van der Waals surface area contributed by atoms with Crippen LogP contribution in [0.15, 0.2) is 53.2 Å². The molecule has 0 aliphatic heterocycles. The summed E-state index contributed by atoms with van der Waals surface area (Å²) in [5.41, 5.74) is 9.27. The minimum absolute atomic E-state index is 0.0694. The van der Waals surface area contributed by atoms with Crippen LogP contribution < -0.4 is 10.5 Å². The summed E-state index contributed by atoms with van der Waals surface area (Å²) in [6.07, 6.45) is 3.29. The second kappa shape index (κ2) is 5.79. The van der Waals surface area contributed by atoms with Gasteiger partial charge in [-0.1, -0.05) is 6.07 Å². The SMILES string of the molecule is COc1cc(-c2cnc(N)c(-c3nc4ncccc4o3)c2)ccc1O. The van der Waals surface area contributed by atoms with Crippen molar-refractivity contribution in [1.29, 1.82) is 0 Å². The van der Waals surface area contributed by atoms with Crippen LogP contribution in [0.1, 0.15) is 0 Å². The van der Waals surface area contributed by atoms with Gasteiger partial charge >= 0.3 is 0 Å². The molecule has 0 spiro atoms. The van der Waals surface area contributed by atoms with Crippen molar-refractivity contribution in [3.05, 3.63) is 48.8 Å². The first-order chi connectivity index (χ1) is 12.2. The fourth-order valence-electron chi connectivity index (χ4n) is 2.55. The number of oxazole rings is 1. The van der Waals surface area contributed by atoms with Crippen molar-refractivity contribution in [2.45, 2.75) is 0 Å². The number of phenols is 1. The number of benzene rings is 1. The van der Waals surface area contributed by atoms with Crippen LogP contribution in [0.2, 0.25) is 0 Å². The molecule has 3 N–H and O–H groups in total. The molecule has 7 heteroatoms. The molecule has 124 valence electrons. The third kappa shape index (κ3) is 2.61. The first-order valence-corrected chi connectivity index (χ1v) is 7.50. The van der Waals surface area contributed by atoms with Crippen LogP contribution in [0.3, 0.4) is 0 Å². The first kappa shape index (κ1) is 14.9. The zero-order valence-corrected chi connectivity index (χ0v) is 13.3. The lowest BCUT2D eigenvalue weighted by molar-refractivity contribution is 0.373. The fraction of sp³-hybridized carbons (Fsp3) is 0.0556. The minimum Gasteiger partial charge on any atom is -0.504 e. The largest absolute Gasteiger partial charge is 0.504 e. The van der Waals surface area contributed by atoms with Gasteiger partial charge in [0.15, 0.2) is 22.7 Å². The molecule has 7 nitrogen and oxygen atoms in total. The highest BCUT2D eigenvalue weighted by Gasteiger charge is 2.15. The standard InChI is InChI=1S/C18H14N4O3/c1-24-15-8-10(4-5-13(15)23)11-7-12(16(19)21-9-11)18-22-17-14(25-18)3-2-6-20-17/h2-9,23H,1H3,(H2,19,21). The van der Waals surface area contributed by atoms with Gasteiger partial charge in [0.2, 0.25) is 5.89 Å². The Kier molecular flexibility index (Phi) is 3.46. The van der Waals surface area contributed by atoms with Gasteiger partial charge in [0.1, 0.15) is 5.82 Å². The number of methoxy groups -OCH3 is 1. The van der Waals surface area contributed by atoms with Crippen molar-refractivity contribution < 1.29 is 14.3 Å². The lowest BCUT2D eigenvalue weighted by Crippen LogP contribution is -1.95. The van der Waals surface area contributed by atoms with E-state index in [9.17, 15) is 5.11 Å². The van der Waals surface area contributed by atoms with Crippen LogP contribution in [0, 0.1) is 0 Å². The van der Waals surface area contributed by atoms with Crippen LogP contribution in [0.4, 0.5) is 5.82 Å². The van der Waals surface area contributed by atoms with Crippen molar-refractivity contribution in [3.63, 3.8) is 0 Å². The molecule has 0 amide bonds. The molecule has 3 heterocycles. The van der Waals surface area contributed by atoms with Gasteiger partial charge in [0.05, 0.1) is 12.7 Å². The van der Waals surface area contributed by atoms with E-state index in [0.29, 0.717) is 34.3 Å². The maximum Gasteiger partial charge on any atom is 0.232 e. The molecule has 0 aliphatic rings. The number of nitrogens with zero attached hydrogens (tertiary/aromatic N) is 3. The topological polar surface area (TPSA) is 107 Å². The Balaban J connectivity index is 1.83. The van der Waals surface area contributed by atoms with Crippen molar-refractivity contribution in [1.82, 2.24) is 15.0 Å². The van der Waals surface area contributed by atoms with Gasteiger partial charge in [0.25, 0.3) is 0 Å². The highest BCUT2D eigenvalue weighted by molar-refractivity contribution is 5.79. The monoisotopic (exact) mass is 334 g/mol. The molecular formula is C18H14N4O3. The Hall–Kier alpha value is -3.61. The summed E-state index contributed by atoms with van der Waals surface area (Å²) in [7, 11) is 1.50. The van der Waals surface area contributed by atoms with Crippen LogP contribution in [0.5, 0.6) is 11.5 Å². The predicted molar refractivity (Wildman–Crippen MR) is 93.1 cm³/mol. The van der Waals surface area contributed by atoms with E-state index in [0.717, 1.165) is 11.1 Å². The Bertz CT molecular complexity index is 1040. The van der Waals surface area contributed by atoms with Gasteiger partial charge in [-0.3, -0.25) is 0 Å². The van der Waals surface area contributed by atoms with E-state index >= 15 is 0 Å². The lowest BCUT2D eigenvalue weighted by Gasteiger charge is -2.08. The van der Waals surface area contributed by atoms with E-state index in [1.807, 2.05) is 6.07 Å². The van der Waals surface area contributed by atoms with E-state index in [1.165, 1.54) is 7.11 Å². The molecule has 0 bridgehead atoms. The maximum atomic E-state index is 9.75. The Labute approximate surface area is 142 Å². The Morgan fingerprint density at radius 1 is 1.12 bits per heavy atom. The summed E-state index contributed by atoms with van der Waals surface area (Å²) in [5.74, 6) is 1.11. The smallest absolute Gasteiger partial charge is 0.232 e. The summed E-state index contributed by atoms with van der Waals surface area (Å²) < 4.78 is 10.9. The minimum atomic E-state index is 0.0694. The average Bonchev–Trinajstić information content (AvgIpc) is 3.06. The van der Waals surface area contributed by atoms with Crippen molar-refractivity contribution in [2.75, 3.05) is 12.8 Å². The predicted octanol–water partition coefficient (Wildman–Crippen LogP) is 3.25. The second-order valence-electron chi connectivity index (χ2n) is 5.39. The highest BCUT2D eigenvalue weighted by atomic mass is 16.5. The van der Waals surface area contributed by atoms with Crippen LogP contribution in [-0.2, 0) is 0 Å². The molecular weight excluding hydrogens is 320 g/mol. The lowest BCUT2D eigenvalue weighted by atomic mass is 10.0. The number of aromatic hydroxyl groups is 1. The number of ether oxygens (including phenoxy) is 1. The van der Waals surface area contributed by atoms with Crippen molar-refractivity contribution >= 4 is 17.0 Å². The molecule has 0 aliphatic carbocycles. The summed E-state index contributed by atoms with van der Waals surface area (Å²) in [5, 5.41) is 9.75. The Morgan fingerprint density at radius 3 is 2.80 bits per heavy atom. The number of pyridine rings is 2. The molecule has 3 aromatic heterocycles. The third-order valence-corrected chi connectivity index (χ3v) is 3.83. The number of aromatic nitrogens is 3. The van der Waals surface area contributed by atoms with Crippen LogP contribution in [-0.4, -0.2) is 27.2 Å². The number of nitrogens with two attached hydrogens (primary N) is 1. The zero-order chi connectivity index (χ0) is 17.4. The quantitative estimate of drug-likeness (QED) is 0.592. The van der Waals surface area contributed by atoms with E-state index in [-0.39, 0.29) is 5.75 Å². The second-order valence-corrected chi connectivity index (χ2v) is 5.39. The number of hydrogen-bond acceptors (Lipinski definition) is 7. The molecule has 0 unspecified atom stereocenters. The summed E-state index contributed by atoms with van der Waals surface area (Å²) >= 11 is 0. The van der Waals surface area contributed by atoms with Gasteiger partial charge in [-0.05, 0) is 35.9 Å². The van der Waals surface area contributed by atoms with E-state index < -0.39 is 0 Å². The van der Waals surface area contributed by atoms with Crippen LogP contribution >= 0.6 is 0 Å². The van der Waals surface area contributed by atoms with Gasteiger partial charge < -0.3 is 20.0 Å².